The summed E-state index contributed by atoms with van der Waals surface area (Å²) in [6.45, 7) is 0. The summed E-state index contributed by atoms with van der Waals surface area (Å²) < 4.78 is 50.8. The van der Waals surface area contributed by atoms with Gasteiger partial charge in [0.05, 0.1) is 11.5 Å². The van der Waals surface area contributed by atoms with Crippen LogP contribution in [0.5, 0.6) is 0 Å². The Bertz CT molecular complexity index is 656. The SMILES string of the molecule is O=S(=O)(CCc1ccccc1F)CCc1ccccc1F. The van der Waals surface area contributed by atoms with Gasteiger partial charge in [-0.25, -0.2) is 17.2 Å². The van der Waals surface area contributed by atoms with E-state index >= 15 is 0 Å². The van der Waals surface area contributed by atoms with E-state index in [0.717, 1.165) is 0 Å². The summed E-state index contributed by atoms with van der Waals surface area (Å²) in [5.74, 6) is -1.08. The first-order valence-corrected chi connectivity index (χ1v) is 8.47. The summed E-state index contributed by atoms with van der Waals surface area (Å²) >= 11 is 0. The van der Waals surface area contributed by atoms with E-state index < -0.39 is 21.5 Å². The summed E-state index contributed by atoms with van der Waals surface area (Å²) in [4.78, 5) is 0. The number of aryl methyl sites for hydroxylation is 2. The minimum absolute atomic E-state index is 0.131. The molecule has 2 nitrogen and oxygen atoms in total. The molecule has 0 saturated carbocycles. The fourth-order valence-corrected chi connectivity index (χ4v) is 3.30. The standard InChI is InChI=1S/C16H16F2O2S/c17-15-7-3-1-5-13(15)9-11-21(19,20)12-10-14-6-2-4-8-16(14)18/h1-8H,9-12H2. The van der Waals surface area contributed by atoms with Crippen molar-refractivity contribution in [3.8, 4) is 0 Å². The molecule has 0 amide bonds. The van der Waals surface area contributed by atoms with Gasteiger partial charge >= 0.3 is 0 Å². The lowest BCUT2D eigenvalue weighted by molar-refractivity contribution is 0.587. The van der Waals surface area contributed by atoms with Crippen LogP contribution < -0.4 is 0 Å². The number of halogens is 2. The predicted molar refractivity (Wildman–Crippen MR) is 78.9 cm³/mol. The second kappa shape index (κ2) is 6.80. The highest BCUT2D eigenvalue weighted by molar-refractivity contribution is 7.91. The van der Waals surface area contributed by atoms with E-state index in [1.807, 2.05) is 0 Å². The monoisotopic (exact) mass is 310 g/mol. The number of benzene rings is 2. The third-order valence-corrected chi connectivity index (χ3v) is 4.93. The lowest BCUT2D eigenvalue weighted by atomic mass is 10.1. The molecule has 0 spiro atoms. The van der Waals surface area contributed by atoms with E-state index in [2.05, 4.69) is 0 Å². The van der Waals surface area contributed by atoms with Gasteiger partial charge in [0.25, 0.3) is 0 Å². The Balaban J connectivity index is 1.94. The Morgan fingerprint density at radius 2 is 1.10 bits per heavy atom. The molecule has 5 heteroatoms. The Kier molecular flexibility index (Phi) is 5.07. The van der Waals surface area contributed by atoms with Gasteiger partial charge in [-0.05, 0) is 36.1 Å². The zero-order valence-corrected chi connectivity index (χ0v) is 12.2. The van der Waals surface area contributed by atoms with Crippen molar-refractivity contribution in [3.05, 3.63) is 71.3 Å². The zero-order chi connectivity index (χ0) is 15.3. The Hall–Kier alpha value is -1.75. The molecule has 0 saturated heterocycles. The van der Waals surface area contributed by atoms with Gasteiger partial charge < -0.3 is 0 Å². The number of sulfone groups is 1. The van der Waals surface area contributed by atoms with Gasteiger partial charge in [-0.15, -0.1) is 0 Å². The Morgan fingerprint density at radius 3 is 1.48 bits per heavy atom. The van der Waals surface area contributed by atoms with Crippen molar-refractivity contribution in [2.45, 2.75) is 12.8 Å². The third kappa shape index (κ3) is 4.63. The molecule has 0 aliphatic heterocycles. The molecule has 0 aliphatic rings. The van der Waals surface area contributed by atoms with E-state index in [1.54, 1.807) is 36.4 Å². The summed E-state index contributed by atoms with van der Waals surface area (Å²) in [5.41, 5.74) is 0.763. The fourth-order valence-electron chi connectivity index (χ4n) is 2.04. The minimum atomic E-state index is -3.34. The van der Waals surface area contributed by atoms with Gasteiger partial charge in [0.15, 0.2) is 9.84 Å². The maximum atomic E-state index is 13.4. The van der Waals surface area contributed by atoms with Crippen LogP contribution in [-0.2, 0) is 22.7 Å². The van der Waals surface area contributed by atoms with E-state index in [1.165, 1.54) is 12.1 Å². The smallest absolute Gasteiger partial charge is 0.150 e. The van der Waals surface area contributed by atoms with Crippen molar-refractivity contribution >= 4 is 9.84 Å². The van der Waals surface area contributed by atoms with Crippen LogP contribution >= 0.6 is 0 Å². The molecule has 0 heterocycles. The lowest BCUT2D eigenvalue weighted by Crippen LogP contribution is -2.15. The summed E-state index contributed by atoms with van der Waals surface area (Å²) in [5, 5.41) is 0. The van der Waals surface area contributed by atoms with Gasteiger partial charge in [0.2, 0.25) is 0 Å². The van der Waals surface area contributed by atoms with E-state index in [-0.39, 0.29) is 24.3 Å². The van der Waals surface area contributed by atoms with Crippen LogP contribution in [-0.4, -0.2) is 19.9 Å². The molecule has 2 aromatic rings. The first-order chi connectivity index (χ1) is 9.98. The maximum absolute atomic E-state index is 13.4. The first kappa shape index (κ1) is 15.6. The second-order valence-electron chi connectivity index (χ2n) is 4.83. The number of rotatable bonds is 6. The molecular weight excluding hydrogens is 294 g/mol. The molecule has 2 rings (SSSR count). The molecule has 0 N–H and O–H groups in total. The van der Waals surface area contributed by atoms with Crippen molar-refractivity contribution in [2.75, 3.05) is 11.5 Å². The van der Waals surface area contributed by atoms with Gasteiger partial charge in [-0.3, -0.25) is 0 Å². The average Bonchev–Trinajstić information content (AvgIpc) is 2.46. The van der Waals surface area contributed by atoms with E-state index in [4.69, 9.17) is 0 Å². The molecule has 0 aliphatic carbocycles. The average molecular weight is 310 g/mol. The van der Waals surface area contributed by atoms with Crippen LogP contribution in [0.3, 0.4) is 0 Å². The van der Waals surface area contributed by atoms with Crippen LogP contribution in [0.1, 0.15) is 11.1 Å². The highest BCUT2D eigenvalue weighted by Crippen LogP contribution is 2.11. The van der Waals surface area contributed by atoms with Crippen LogP contribution in [0.25, 0.3) is 0 Å². The first-order valence-electron chi connectivity index (χ1n) is 6.65. The van der Waals surface area contributed by atoms with Crippen LogP contribution in [0.15, 0.2) is 48.5 Å². The predicted octanol–water partition coefficient (Wildman–Crippen LogP) is 3.16. The van der Waals surface area contributed by atoms with Crippen molar-refractivity contribution in [1.82, 2.24) is 0 Å². The number of hydrogen-bond acceptors (Lipinski definition) is 2. The van der Waals surface area contributed by atoms with Crippen LogP contribution in [0.2, 0.25) is 0 Å². The molecule has 0 unspecified atom stereocenters. The molecule has 0 bridgehead atoms. The second-order valence-corrected chi connectivity index (χ2v) is 7.14. The lowest BCUT2D eigenvalue weighted by Gasteiger charge is -2.06. The third-order valence-electron chi connectivity index (χ3n) is 3.28. The highest BCUT2D eigenvalue weighted by Gasteiger charge is 2.14. The summed E-state index contributed by atoms with van der Waals surface area (Å²) in [6.07, 6.45) is 0.262. The normalized spacial score (nSPS) is 11.5. The van der Waals surface area contributed by atoms with Gasteiger partial charge in [-0.1, -0.05) is 36.4 Å². The Labute approximate surface area is 123 Å². The molecule has 112 valence electrons. The van der Waals surface area contributed by atoms with Crippen molar-refractivity contribution in [3.63, 3.8) is 0 Å². The summed E-state index contributed by atoms with van der Waals surface area (Å²) in [6, 6.07) is 12.2. The topological polar surface area (TPSA) is 34.1 Å². The quantitative estimate of drug-likeness (QED) is 0.821. The summed E-state index contributed by atoms with van der Waals surface area (Å²) in [7, 11) is -3.34. The van der Waals surface area contributed by atoms with Crippen LogP contribution in [0, 0.1) is 11.6 Å². The molecule has 0 radical (unpaired) electrons. The highest BCUT2D eigenvalue weighted by atomic mass is 32.2. The van der Waals surface area contributed by atoms with E-state index in [9.17, 15) is 17.2 Å². The van der Waals surface area contributed by atoms with Gasteiger partial charge in [0.1, 0.15) is 11.6 Å². The van der Waals surface area contributed by atoms with Crippen molar-refractivity contribution in [1.29, 1.82) is 0 Å². The van der Waals surface area contributed by atoms with Crippen molar-refractivity contribution < 1.29 is 17.2 Å². The molecule has 21 heavy (non-hydrogen) atoms. The molecule has 2 aromatic carbocycles. The van der Waals surface area contributed by atoms with Crippen molar-refractivity contribution in [2.24, 2.45) is 0 Å². The van der Waals surface area contributed by atoms with Gasteiger partial charge in [-0.2, -0.15) is 0 Å². The molecule has 0 atom stereocenters. The number of hydrogen-bond donors (Lipinski definition) is 0. The van der Waals surface area contributed by atoms with Gasteiger partial charge in [0, 0.05) is 0 Å². The van der Waals surface area contributed by atoms with Crippen LogP contribution in [0.4, 0.5) is 8.78 Å². The Morgan fingerprint density at radius 1 is 0.714 bits per heavy atom. The molecular formula is C16H16F2O2S. The van der Waals surface area contributed by atoms with E-state index in [0.29, 0.717) is 11.1 Å². The minimum Gasteiger partial charge on any atom is -0.229 e. The largest absolute Gasteiger partial charge is 0.229 e. The molecule has 0 fully saturated rings. The fraction of sp³-hybridized carbons (Fsp3) is 0.250. The zero-order valence-electron chi connectivity index (χ0n) is 11.4. The maximum Gasteiger partial charge on any atom is 0.150 e. The molecule has 0 aromatic heterocycles.